The van der Waals surface area contributed by atoms with Gasteiger partial charge in [-0.1, -0.05) is 39.1 Å². The molecule has 1 N–H and O–H groups in total. The summed E-state index contributed by atoms with van der Waals surface area (Å²) in [5, 5.41) is 11.6. The highest BCUT2D eigenvalue weighted by Crippen LogP contribution is 2.34. The number of phenolic OH excluding ortho intramolecular Hbond substituents is 1. The van der Waals surface area contributed by atoms with Crippen LogP contribution in [-0.4, -0.2) is 21.5 Å². The zero-order chi connectivity index (χ0) is 14.7. The molecule has 0 fully saturated rings. The summed E-state index contributed by atoms with van der Waals surface area (Å²) in [5.41, 5.74) is 1.26. The van der Waals surface area contributed by atoms with Crippen LogP contribution in [0, 0.1) is 0 Å². The van der Waals surface area contributed by atoms with Crippen LogP contribution in [0.4, 0.5) is 0 Å². The van der Waals surface area contributed by atoms with Gasteiger partial charge in [-0.2, -0.15) is 0 Å². The van der Waals surface area contributed by atoms with E-state index in [4.69, 9.17) is 27.9 Å². The third-order valence-corrected chi connectivity index (χ3v) is 3.99. The summed E-state index contributed by atoms with van der Waals surface area (Å²) in [4.78, 5) is 4.17. The van der Waals surface area contributed by atoms with E-state index in [2.05, 4.69) is 20.9 Å². The van der Waals surface area contributed by atoms with E-state index in [1.54, 1.807) is 24.3 Å². The Morgan fingerprint density at radius 3 is 2.70 bits per heavy atom. The van der Waals surface area contributed by atoms with Crippen LogP contribution in [-0.2, 0) is 0 Å². The Morgan fingerprint density at radius 1 is 1.35 bits per heavy atom. The minimum atomic E-state index is -0.0380. The molecular formula is C14H12BrCl2NO2. The van der Waals surface area contributed by atoms with E-state index in [0.717, 1.165) is 0 Å². The van der Waals surface area contributed by atoms with Gasteiger partial charge >= 0.3 is 0 Å². The Labute approximate surface area is 135 Å². The molecule has 1 heterocycles. The number of nitrogens with zero attached hydrogens (tertiary/aromatic N) is 1. The first kappa shape index (κ1) is 15.4. The van der Waals surface area contributed by atoms with E-state index >= 15 is 0 Å². The Morgan fingerprint density at radius 2 is 2.10 bits per heavy atom. The zero-order valence-electron chi connectivity index (χ0n) is 10.6. The summed E-state index contributed by atoms with van der Waals surface area (Å²) in [6.45, 7) is 1.90. The lowest BCUT2D eigenvalue weighted by atomic mass is 10.1. The van der Waals surface area contributed by atoms with Gasteiger partial charge in [0.05, 0.1) is 15.7 Å². The van der Waals surface area contributed by atoms with Crippen molar-refractivity contribution in [2.45, 2.75) is 13.0 Å². The molecule has 2 aromatic rings. The van der Waals surface area contributed by atoms with Crippen molar-refractivity contribution in [3.63, 3.8) is 0 Å². The van der Waals surface area contributed by atoms with Crippen molar-refractivity contribution in [1.29, 1.82) is 0 Å². The molecule has 1 aromatic carbocycles. The van der Waals surface area contributed by atoms with E-state index in [0.29, 0.717) is 32.4 Å². The van der Waals surface area contributed by atoms with E-state index < -0.39 is 0 Å². The topological polar surface area (TPSA) is 42.4 Å². The second-order valence-corrected chi connectivity index (χ2v) is 5.74. The van der Waals surface area contributed by atoms with Crippen molar-refractivity contribution in [2.75, 3.05) is 5.33 Å². The minimum Gasteiger partial charge on any atom is -0.504 e. The first-order valence-corrected chi connectivity index (χ1v) is 7.76. The SMILES string of the molecule is CC(CBr)Oc1ccc(-c2ncc(Cl)cc2Cl)cc1O. The lowest BCUT2D eigenvalue weighted by Crippen LogP contribution is -2.12. The predicted molar refractivity (Wildman–Crippen MR) is 85.2 cm³/mol. The number of aromatic nitrogens is 1. The van der Waals surface area contributed by atoms with Gasteiger partial charge in [0.15, 0.2) is 11.5 Å². The second-order valence-electron chi connectivity index (χ2n) is 4.25. The van der Waals surface area contributed by atoms with Crippen molar-refractivity contribution in [1.82, 2.24) is 4.98 Å². The van der Waals surface area contributed by atoms with Crippen molar-refractivity contribution in [3.05, 3.63) is 40.5 Å². The van der Waals surface area contributed by atoms with Gasteiger partial charge in [0.1, 0.15) is 6.10 Å². The average Bonchev–Trinajstić information content (AvgIpc) is 2.41. The lowest BCUT2D eigenvalue weighted by Gasteiger charge is -2.14. The van der Waals surface area contributed by atoms with Gasteiger partial charge in [0, 0.05) is 17.1 Å². The van der Waals surface area contributed by atoms with Gasteiger partial charge in [-0.15, -0.1) is 0 Å². The number of phenols is 1. The van der Waals surface area contributed by atoms with E-state index in [-0.39, 0.29) is 11.9 Å². The largest absolute Gasteiger partial charge is 0.504 e. The predicted octanol–water partition coefficient (Wildman–Crippen LogP) is 4.92. The highest BCUT2D eigenvalue weighted by molar-refractivity contribution is 9.09. The van der Waals surface area contributed by atoms with E-state index in [1.165, 1.54) is 6.20 Å². The van der Waals surface area contributed by atoms with Crippen LogP contribution in [0.15, 0.2) is 30.5 Å². The molecule has 0 spiro atoms. The second kappa shape index (κ2) is 6.66. The zero-order valence-corrected chi connectivity index (χ0v) is 13.7. The van der Waals surface area contributed by atoms with Crippen LogP contribution < -0.4 is 4.74 Å². The number of alkyl halides is 1. The van der Waals surface area contributed by atoms with Gasteiger partial charge < -0.3 is 9.84 Å². The van der Waals surface area contributed by atoms with Gasteiger partial charge in [-0.05, 0) is 31.2 Å². The molecule has 106 valence electrons. The Kier molecular flexibility index (Phi) is 5.13. The molecule has 0 aliphatic carbocycles. The molecule has 0 radical (unpaired) electrons. The van der Waals surface area contributed by atoms with Crippen LogP contribution in [0.1, 0.15) is 6.92 Å². The minimum absolute atomic E-state index is 0.0380. The van der Waals surface area contributed by atoms with Crippen molar-refractivity contribution in [3.8, 4) is 22.8 Å². The molecule has 0 saturated heterocycles. The summed E-state index contributed by atoms with van der Waals surface area (Å²) in [6.07, 6.45) is 1.47. The van der Waals surface area contributed by atoms with Gasteiger partial charge in [0.25, 0.3) is 0 Å². The van der Waals surface area contributed by atoms with Gasteiger partial charge in [-0.3, -0.25) is 4.98 Å². The summed E-state index contributed by atoms with van der Waals surface area (Å²) in [7, 11) is 0. The quantitative estimate of drug-likeness (QED) is 0.769. The van der Waals surface area contributed by atoms with Gasteiger partial charge in [-0.25, -0.2) is 0 Å². The first-order chi connectivity index (χ1) is 9.51. The Hall–Kier alpha value is -0.970. The molecule has 2 rings (SSSR count). The number of hydrogen-bond donors (Lipinski definition) is 1. The fourth-order valence-electron chi connectivity index (χ4n) is 1.64. The molecule has 0 bridgehead atoms. The average molecular weight is 377 g/mol. The molecular weight excluding hydrogens is 365 g/mol. The van der Waals surface area contributed by atoms with Crippen LogP contribution in [0.3, 0.4) is 0 Å². The van der Waals surface area contributed by atoms with Crippen molar-refractivity contribution < 1.29 is 9.84 Å². The number of aromatic hydroxyl groups is 1. The van der Waals surface area contributed by atoms with Crippen LogP contribution >= 0.6 is 39.1 Å². The monoisotopic (exact) mass is 375 g/mol. The van der Waals surface area contributed by atoms with Crippen LogP contribution in [0.2, 0.25) is 10.0 Å². The number of pyridine rings is 1. The van der Waals surface area contributed by atoms with Crippen LogP contribution in [0.5, 0.6) is 11.5 Å². The maximum atomic E-state index is 10.0. The van der Waals surface area contributed by atoms with E-state index in [9.17, 15) is 5.11 Å². The highest BCUT2D eigenvalue weighted by Gasteiger charge is 2.11. The fourth-order valence-corrected chi connectivity index (χ4v) is 2.26. The standard InChI is InChI=1S/C14H12BrCl2NO2/c1-8(6-15)20-13-3-2-9(4-12(13)19)14-11(17)5-10(16)7-18-14/h2-5,7-8,19H,6H2,1H3. The summed E-state index contributed by atoms with van der Waals surface area (Å²) < 4.78 is 5.56. The number of ether oxygens (including phenoxy) is 1. The Bertz CT molecular complexity index is 622. The van der Waals surface area contributed by atoms with Crippen molar-refractivity contribution >= 4 is 39.1 Å². The molecule has 3 nitrogen and oxygen atoms in total. The van der Waals surface area contributed by atoms with Crippen molar-refractivity contribution in [2.24, 2.45) is 0 Å². The summed E-state index contributed by atoms with van der Waals surface area (Å²) >= 11 is 15.2. The molecule has 1 atom stereocenters. The lowest BCUT2D eigenvalue weighted by molar-refractivity contribution is 0.237. The van der Waals surface area contributed by atoms with Gasteiger partial charge in [0.2, 0.25) is 0 Å². The third kappa shape index (κ3) is 3.57. The molecule has 20 heavy (non-hydrogen) atoms. The molecule has 1 aromatic heterocycles. The number of halogens is 3. The fraction of sp³-hybridized carbons (Fsp3) is 0.214. The highest BCUT2D eigenvalue weighted by atomic mass is 79.9. The molecule has 0 saturated carbocycles. The maximum absolute atomic E-state index is 10.0. The smallest absolute Gasteiger partial charge is 0.161 e. The molecule has 0 amide bonds. The number of benzene rings is 1. The molecule has 0 aliphatic rings. The van der Waals surface area contributed by atoms with Crippen LogP contribution in [0.25, 0.3) is 11.3 Å². The number of rotatable bonds is 4. The summed E-state index contributed by atoms with van der Waals surface area (Å²) in [5.74, 6) is 0.467. The molecule has 1 unspecified atom stereocenters. The first-order valence-electron chi connectivity index (χ1n) is 5.88. The molecule has 0 aliphatic heterocycles. The number of hydrogen-bond acceptors (Lipinski definition) is 3. The van der Waals surface area contributed by atoms with E-state index in [1.807, 2.05) is 6.92 Å². The maximum Gasteiger partial charge on any atom is 0.161 e. The third-order valence-electron chi connectivity index (χ3n) is 2.59. The Balaban J connectivity index is 2.33. The molecule has 6 heteroatoms. The normalized spacial score (nSPS) is 12.2. The summed E-state index contributed by atoms with van der Waals surface area (Å²) in [6, 6.07) is 6.66.